The molecule has 0 amide bonds. The Labute approximate surface area is 183 Å². The number of hydrogen-bond donors (Lipinski definition) is 2. The van der Waals surface area contributed by atoms with Crippen LogP contribution in [0.2, 0.25) is 5.02 Å². The lowest BCUT2D eigenvalue weighted by molar-refractivity contribution is 0.0514. The maximum atomic E-state index is 6.55. The highest BCUT2D eigenvalue weighted by molar-refractivity contribution is 6.31. The van der Waals surface area contributed by atoms with Gasteiger partial charge < -0.3 is 24.8 Å². The summed E-state index contributed by atoms with van der Waals surface area (Å²) in [7, 11) is 5.04. The van der Waals surface area contributed by atoms with Crippen LogP contribution in [0.4, 0.5) is 0 Å². The van der Waals surface area contributed by atoms with Gasteiger partial charge in [-0.05, 0) is 42.2 Å². The first kappa shape index (κ1) is 22.2. The molecule has 0 radical (unpaired) electrons. The van der Waals surface area contributed by atoms with Gasteiger partial charge >= 0.3 is 0 Å². The summed E-state index contributed by atoms with van der Waals surface area (Å²) in [5.74, 6) is 2.16. The summed E-state index contributed by atoms with van der Waals surface area (Å²) in [6.07, 6.45) is 1.83. The number of guanidine groups is 1. The molecule has 1 aliphatic heterocycles. The molecule has 162 valence electrons. The van der Waals surface area contributed by atoms with Gasteiger partial charge in [0.15, 0.2) is 17.5 Å². The fraction of sp³-hybridized carbons (Fsp3) is 0.435. The molecule has 2 aromatic rings. The van der Waals surface area contributed by atoms with E-state index in [0.29, 0.717) is 18.0 Å². The molecule has 3 rings (SSSR count). The number of rotatable bonds is 7. The summed E-state index contributed by atoms with van der Waals surface area (Å²) in [5.41, 5.74) is 2.15. The fourth-order valence-electron chi connectivity index (χ4n) is 3.84. The van der Waals surface area contributed by atoms with Crippen LogP contribution in [-0.4, -0.2) is 47.0 Å². The van der Waals surface area contributed by atoms with E-state index in [1.54, 1.807) is 21.3 Å². The Bertz CT molecular complexity index is 867. The van der Waals surface area contributed by atoms with Crippen molar-refractivity contribution in [2.24, 2.45) is 4.99 Å². The maximum absolute atomic E-state index is 6.55. The minimum absolute atomic E-state index is 0.0858. The van der Waals surface area contributed by atoms with Crippen molar-refractivity contribution in [2.75, 3.05) is 41.0 Å². The third-order valence-corrected chi connectivity index (χ3v) is 5.95. The largest absolute Gasteiger partial charge is 0.493 e. The number of hydrogen-bond acceptors (Lipinski definition) is 4. The molecule has 0 aromatic heterocycles. The summed E-state index contributed by atoms with van der Waals surface area (Å²) in [4.78, 5) is 4.39. The summed E-state index contributed by atoms with van der Waals surface area (Å²) in [6.45, 7) is 2.79. The van der Waals surface area contributed by atoms with E-state index < -0.39 is 0 Å². The second-order valence-corrected chi connectivity index (χ2v) is 7.75. The van der Waals surface area contributed by atoms with Gasteiger partial charge in [-0.3, -0.25) is 4.99 Å². The molecule has 0 bridgehead atoms. The van der Waals surface area contributed by atoms with Gasteiger partial charge in [0.25, 0.3) is 0 Å². The van der Waals surface area contributed by atoms with Gasteiger partial charge in [0, 0.05) is 43.8 Å². The van der Waals surface area contributed by atoms with E-state index in [4.69, 9.17) is 25.8 Å². The highest BCUT2D eigenvalue weighted by atomic mass is 35.5. The van der Waals surface area contributed by atoms with E-state index in [1.165, 1.54) is 0 Å². The third-order valence-electron chi connectivity index (χ3n) is 5.62. The summed E-state index contributed by atoms with van der Waals surface area (Å²) < 4.78 is 16.3. The van der Waals surface area contributed by atoms with Gasteiger partial charge in [-0.1, -0.05) is 35.9 Å². The highest BCUT2D eigenvalue weighted by Crippen LogP contribution is 2.38. The molecule has 6 nitrogen and oxygen atoms in total. The quantitative estimate of drug-likeness (QED) is 0.516. The SMILES string of the molecule is CN=C(NCc1ccc(OC)c(OC)c1)NCC1(c2ccccc2Cl)CCOCC1. The standard InChI is InChI=1S/C23H30ClN3O3/c1-25-22(26-15-17-8-9-20(28-2)21(14-17)29-3)27-16-23(10-12-30-13-11-23)18-6-4-5-7-19(18)24/h4-9,14H,10-13,15-16H2,1-3H3,(H2,25,26,27). The lowest BCUT2D eigenvalue weighted by Crippen LogP contribution is -2.48. The molecular formula is C23H30ClN3O3. The third kappa shape index (κ3) is 5.18. The second kappa shape index (κ2) is 10.5. The molecule has 0 atom stereocenters. The van der Waals surface area contributed by atoms with Gasteiger partial charge in [-0.25, -0.2) is 0 Å². The Balaban J connectivity index is 1.67. The van der Waals surface area contributed by atoms with E-state index in [-0.39, 0.29) is 5.41 Å². The summed E-state index contributed by atoms with van der Waals surface area (Å²) in [5, 5.41) is 7.67. The first-order chi connectivity index (χ1) is 14.6. The first-order valence-electron chi connectivity index (χ1n) is 10.1. The number of benzene rings is 2. The zero-order chi connectivity index (χ0) is 21.4. The van der Waals surface area contributed by atoms with E-state index in [9.17, 15) is 0 Å². The highest BCUT2D eigenvalue weighted by Gasteiger charge is 2.36. The van der Waals surface area contributed by atoms with Gasteiger partial charge in [0.1, 0.15) is 0 Å². The molecule has 1 saturated heterocycles. The zero-order valence-electron chi connectivity index (χ0n) is 17.8. The van der Waals surface area contributed by atoms with Crippen LogP contribution in [0.3, 0.4) is 0 Å². The summed E-state index contributed by atoms with van der Waals surface area (Å²) >= 11 is 6.55. The molecule has 2 aromatic carbocycles. The Morgan fingerprint density at radius 2 is 1.80 bits per heavy atom. The lowest BCUT2D eigenvalue weighted by atomic mass is 9.74. The molecule has 1 heterocycles. The van der Waals surface area contributed by atoms with Gasteiger partial charge in [-0.2, -0.15) is 0 Å². The minimum Gasteiger partial charge on any atom is -0.493 e. The molecule has 1 aliphatic rings. The number of aliphatic imine (C=N–C) groups is 1. The minimum atomic E-state index is -0.0858. The normalized spacial score (nSPS) is 16.1. The Morgan fingerprint density at radius 3 is 2.47 bits per heavy atom. The van der Waals surface area contributed by atoms with Crippen molar-refractivity contribution in [3.05, 3.63) is 58.6 Å². The molecule has 30 heavy (non-hydrogen) atoms. The van der Waals surface area contributed by atoms with E-state index >= 15 is 0 Å². The summed E-state index contributed by atoms with van der Waals surface area (Å²) in [6, 6.07) is 14.0. The second-order valence-electron chi connectivity index (χ2n) is 7.34. The van der Waals surface area contributed by atoms with Crippen LogP contribution in [0.15, 0.2) is 47.5 Å². The number of ether oxygens (including phenoxy) is 3. The van der Waals surface area contributed by atoms with E-state index in [0.717, 1.165) is 54.7 Å². The zero-order valence-corrected chi connectivity index (χ0v) is 18.6. The van der Waals surface area contributed by atoms with Crippen molar-refractivity contribution in [1.29, 1.82) is 0 Å². The van der Waals surface area contributed by atoms with Crippen LogP contribution < -0.4 is 20.1 Å². The Hall–Kier alpha value is -2.44. The predicted molar refractivity (Wildman–Crippen MR) is 121 cm³/mol. The van der Waals surface area contributed by atoms with E-state index in [1.807, 2.05) is 36.4 Å². The maximum Gasteiger partial charge on any atom is 0.191 e. The number of nitrogens with zero attached hydrogens (tertiary/aromatic N) is 1. The topological polar surface area (TPSA) is 64.1 Å². The van der Waals surface area contributed by atoms with Crippen molar-refractivity contribution < 1.29 is 14.2 Å². The number of halogens is 1. The first-order valence-corrected chi connectivity index (χ1v) is 10.5. The molecule has 7 heteroatoms. The molecule has 0 unspecified atom stereocenters. The molecule has 2 N–H and O–H groups in total. The number of methoxy groups -OCH3 is 2. The molecule has 0 saturated carbocycles. The van der Waals surface area contributed by atoms with Crippen LogP contribution in [0.25, 0.3) is 0 Å². The van der Waals surface area contributed by atoms with Crippen LogP contribution in [-0.2, 0) is 16.7 Å². The van der Waals surface area contributed by atoms with Gasteiger partial charge in [-0.15, -0.1) is 0 Å². The van der Waals surface area contributed by atoms with Crippen molar-refractivity contribution in [3.63, 3.8) is 0 Å². The number of nitrogens with one attached hydrogen (secondary N) is 2. The fourth-order valence-corrected chi connectivity index (χ4v) is 4.18. The van der Waals surface area contributed by atoms with Gasteiger partial charge in [0.2, 0.25) is 0 Å². The van der Waals surface area contributed by atoms with Crippen molar-refractivity contribution in [1.82, 2.24) is 10.6 Å². The predicted octanol–water partition coefficient (Wildman–Crippen LogP) is 3.77. The Morgan fingerprint density at radius 1 is 1.07 bits per heavy atom. The van der Waals surface area contributed by atoms with E-state index in [2.05, 4.69) is 21.7 Å². The molecule has 0 aliphatic carbocycles. The van der Waals surface area contributed by atoms with Crippen LogP contribution in [0.5, 0.6) is 11.5 Å². The smallest absolute Gasteiger partial charge is 0.191 e. The van der Waals surface area contributed by atoms with Crippen LogP contribution >= 0.6 is 11.6 Å². The van der Waals surface area contributed by atoms with Crippen molar-refractivity contribution in [2.45, 2.75) is 24.8 Å². The van der Waals surface area contributed by atoms with Crippen LogP contribution in [0, 0.1) is 0 Å². The average Bonchev–Trinajstić information content (AvgIpc) is 2.79. The monoisotopic (exact) mass is 431 g/mol. The molecular weight excluding hydrogens is 402 g/mol. The average molecular weight is 432 g/mol. The lowest BCUT2D eigenvalue weighted by Gasteiger charge is -2.38. The van der Waals surface area contributed by atoms with Crippen LogP contribution in [0.1, 0.15) is 24.0 Å². The Kier molecular flexibility index (Phi) is 7.82. The molecule has 1 fully saturated rings. The van der Waals surface area contributed by atoms with Crippen molar-refractivity contribution in [3.8, 4) is 11.5 Å². The molecule has 0 spiro atoms. The van der Waals surface area contributed by atoms with Gasteiger partial charge in [0.05, 0.1) is 14.2 Å². The van der Waals surface area contributed by atoms with Crippen molar-refractivity contribution >= 4 is 17.6 Å².